The molecule has 3 aliphatic heterocycles. The molecule has 1 fully saturated rings. The highest BCUT2D eigenvalue weighted by Gasteiger charge is 2.36. The van der Waals surface area contributed by atoms with Crippen LogP contribution in [-0.4, -0.2) is 42.6 Å². The van der Waals surface area contributed by atoms with E-state index in [1.165, 1.54) is 11.8 Å². The number of ether oxygens (including phenoxy) is 2. The van der Waals surface area contributed by atoms with E-state index in [-0.39, 0.29) is 30.9 Å². The second-order valence-corrected chi connectivity index (χ2v) is 6.55. The number of aliphatic imine (C=N–C) groups is 1. The Morgan fingerprint density at radius 1 is 1.35 bits per heavy atom. The van der Waals surface area contributed by atoms with E-state index in [1.54, 1.807) is 17.0 Å². The van der Waals surface area contributed by atoms with Gasteiger partial charge in [0.25, 0.3) is 0 Å². The van der Waals surface area contributed by atoms with Gasteiger partial charge < -0.3 is 19.7 Å². The molecule has 1 aromatic carbocycles. The molecule has 0 saturated carbocycles. The number of thioether (sulfide) groups is 1. The highest BCUT2D eigenvalue weighted by atomic mass is 32.2. The van der Waals surface area contributed by atoms with Crippen molar-refractivity contribution >= 4 is 34.4 Å². The summed E-state index contributed by atoms with van der Waals surface area (Å²) in [6.07, 6.45) is 0.207. The minimum Gasteiger partial charge on any atom is -0.454 e. The quantitative estimate of drug-likeness (QED) is 0.873. The molecule has 0 aromatic heterocycles. The van der Waals surface area contributed by atoms with Crippen LogP contribution in [0.25, 0.3) is 0 Å². The molecule has 7 nitrogen and oxygen atoms in total. The fourth-order valence-electron chi connectivity index (χ4n) is 2.80. The number of nitrogens with one attached hydrogen (secondary N) is 1. The third-order valence-electron chi connectivity index (χ3n) is 3.98. The molecule has 2 amide bonds. The Morgan fingerprint density at radius 3 is 3.04 bits per heavy atom. The molecule has 1 N–H and O–H groups in total. The normalized spacial score (nSPS) is 22.4. The summed E-state index contributed by atoms with van der Waals surface area (Å²) in [7, 11) is 0. The van der Waals surface area contributed by atoms with Crippen molar-refractivity contribution < 1.29 is 19.1 Å². The number of carbonyl (C=O) groups is 2. The van der Waals surface area contributed by atoms with E-state index in [0.717, 1.165) is 18.0 Å². The van der Waals surface area contributed by atoms with Crippen molar-refractivity contribution in [3.8, 4) is 11.5 Å². The highest BCUT2D eigenvalue weighted by Crippen LogP contribution is 2.37. The van der Waals surface area contributed by atoms with Crippen LogP contribution in [-0.2, 0) is 9.59 Å². The van der Waals surface area contributed by atoms with E-state index in [0.29, 0.717) is 23.2 Å². The number of amidine groups is 1. The molecule has 1 atom stereocenters. The number of amides is 2. The summed E-state index contributed by atoms with van der Waals surface area (Å²) in [5.41, 5.74) is 0.724. The van der Waals surface area contributed by atoms with E-state index in [9.17, 15) is 9.59 Å². The van der Waals surface area contributed by atoms with E-state index in [2.05, 4.69) is 10.3 Å². The van der Waals surface area contributed by atoms with Gasteiger partial charge in [0, 0.05) is 30.5 Å². The first-order valence-corrected chi connectivity index (χ1v) is 8.37. The molecule has 8 heteroatoms. The standard InChI is InChI=1S/C15H15N3O4S/c19-13-5-9(14(20)17-15-16-3-4-23-15)7-18(13)10-1-2-11-12(6-10)22-8-21-11/h1-2,6,9H,3-5,7-8H2,(H,16,17,20)/t9-/m1/s1. The molecule has 0 bridgehead atoms. The highest BCUT2D eigenvalue weighted by molar-refractivity contribution is 8.14. The topological polar surface area (TPSA) is 80.2 Å². The minimum atomic E-state index is -0.364. The number of carbonyl (C=O) groups excluding carboxylic acids is 2. The third-order valence-corrected chi connectivity index (χ3v) is 4.87. The molecule has 0 aliphatic carbocycles. The van der Waals surface area contributed by atoms with E-state index in [4.69, 9.17) is 9.47 Å². The largest absolute Gasteiger partial charge is 0.454 e. The molecule has 3 heterocycles. The summed E-state index contributed by atoms with van der Waals surface area (Å²) in [4.78, 5) is 30.4. The number of hydrogen-bond acceptors (Lipinski definition) is 6. The molecular formula is C15H15N3O4S. The molecule has 1 aromatic rings. The lowest BCUT2D eigenvalue weighted by molar-refractivity contribution is -0.125. The van der Waals surface area contributed by atoms with Gasteiger partial charge in [-0.2, -0.15) is 0 Å². The molecule has 1 saturated heterocycles. The summed E-state index contributed by atoms with van der Waals surface area (Å²) >= 11 is 1.53. The zero-order valence-corrected chi connectivity index (χ0v) is 13.1. The van der Waals surface area contributed by atoms with Crippen molar-refractivity contribution in [1.29, 1.82) is 0 Å². The van der Waals surface area contributed by atoms with Crippen molar-refractivity contribution in [1.82, 2.24) is 5.32 Å². The minimum absolute atomic E-state index is 0.0648. The van der Waals surface area contributed by atoms with E-state index in [1.807, 2.05) is 6.07 Å². The van der Waals surface area contributed by atoms with Crippen molar-refractivity contribution in [2.24, 2.45) is 10.9 Å². The zero-order chi connectivity index (χ0) is 15.8. The molecule has 120 valence electrons. The van der Waals surface area contributed by atoms with Crippen LogP contribution in [0.15, 0.2) is 23.2 Å². The molecule has 0 radical (unpaired) electrons. The monoisotopic (exact) mass is 333 g/mol. The Bertz CT molecular complexity index is 706. The molecule has 0 unspecified atom stereocenters. The fraction of sp³-hybridized carbons (Fsp3) is 0.400. The lowest BCUT2D eigenvalue weighted by Crippen LogP contribution is -2.35. The first-order chi connectivity index (χ1) is 11.2. The number of rotatable bonds is 2. The number of nitrogens with zero attached hydrogens (tertiary/aromatic N) is 2. The van der Waals surface area contributed by atoms with Crippen LogP contribution in [0.1, 0.15) is 6.42 Å². The van der Waals surface area contributed by atoms with Crippen molar-refractivity contribution in [2.75, 3.05) is 30.5 Å². The van der Waals surface area contributed by atoms with Gasteiger partial charge in [-0.3, -0.25) is 14.6 Å². The van der Waals surface area contributed by atoms with Gasteiger partial charge in [-0.15, -0.1) is 0 Å². The smallest absolute Gasteiger partial charge is 0.231 e. The predicted octanol–water partition coefficient (Wildman–Crippen LogP) is 0.987. The summed E-state index contributed by atoms with van der Waals surface area (Å²) in [5.74, 6) is 1.62. The second kappa shape index (κ2) is 5.77. The van der Waals surface area contributed by atoms with Gasteiger partial charge in [0.15, 0.2) is 16.7 Å². The first kappa shape index (κ1) is 14.4. The predicted molar refractivity (Wildman–Crippen MR) is 85.9 cm³/mol. The van der Waals surface area contributed by atoms with Crippen LogP contribution >= 0.6 is 11.8 Å². The van der Waals surface area contributed by atoms with Gasteiger partial charge in [0.1, 0.15) is 0 Å². The molecular weight excluding hydrogens is 318 g/mol. The van der Waals surface area contributed by atoms with Gasteiger partial charge in [-0.05, 0) is 12.1 Å². The van der Waals surface area contributed by atoms with Crippen molar-refractivity contribution in [3.63, 3.8) is 0 Å². The molecule has 23 heavy (non-hydrogen) atoms. The molecule has 3 aliphatic rings. The summed E-state index contributed by atoms with van der Waals surface area (Å²) in [5, 5.41) is 3.46. The maximum atomic E-state index is 12.3. The summed E-state index contributed by atoms with van der Waals surface area (Å²) in [6.45, 7) is 1.28. The van der Waals surface area contributed by atoms with E-state index < -0.39 is 0 Å². The van der Waals surface area contributed by atoms with E-state index >= 15 is 0 Å². The zero-order valence-electron chi connectivity index (χ0n) is 12.3. The van der Waals surface area contributed by atoms with Crippen LogP contribution in [0.4, 0.5) is 5.69 Å². The summed E-state index contributed by atoms with van der Waals surface area (Å²) in [6, 6.07) is 5.36. The maximum Gasteiger partial charge on any atom is 0.231 e. The average molecular weight is 333 g/mol. The van der Waals surface area contributed by atoms with Crippen LogP contribution in [0.3, 0.4) is 0 Å². The molecule has 4 rings (SSSR count). The summed E-state index contributed by atoms with van der Waals surface area (Å²) < 4.78 is 10.6. The molecule has 0 spiro atoms. The number of hydrogen-bond donors (Lipinski definition) is 1. The Balaban J connectivity index is 1.46. The van der Waals surface area contributed by atoms with Gasteiger partial charge >= 0.3 is 0 Å². The van der Waals surface area contributed by atoms with Crippen molar-refractivity contribution in [3.05, 3.63) is 18.2 Å². The Kier molecular flexibility index (Phi) is 3.60. The SMILES string of the molecule is O=C(NC1=NCCS1)[C@@H]1CC(=O)N(c2ccc3c(c2)OCO3)C1. The lowest BCUT2D eigenvalue weighted by Gasteiger charge is -2.17. The second-order valence-electron chi connectivity index (χ2n) is 5.47. The third kappa shape index (κ3) is 2.74. The average Bonchev–Trinajstić information content (AvgIpc) is 3.26. The first-order valence-electron chi connectivity index (χ1n) is 7.39. The fourth-order valence-corrected chi connectivity index (χ4v) is 3.54. The Hall–Kier alpha value is -2.22. The van der Waals surface area contributed by atoms with Crippen LogP contribution in [0, 0.1) is 5.92 Å². The van der Waals surface area contributed by atoms with Crippen LogP contribution in [0.2, 0.25) is 0 Å². The Morgan fingerprint density at radius 2 is 2.22 bits per heavy atom. The lowest BCUT2D eigenvalue weighted by atomic mass is 10.1. The number of anilines is 1. The Labute approximate surface area is 137 Å². The van der Waals surface area contributed by atoms with Gasteiger partial charge in [0.05, 0.1) is 12.5 Å². The number of fused-ring (bicyclic) bond motifs is 1. The van der Waals surface area contributed by atoms with Gasteiger partial charge in [-0.25, -0.2) is 0 Å². The van der Waals surface area contributed by atoms with Crippen molar-refractivity contribution in [2.45, 2.75) is 6.42 Å². The maximum absolute atomic E-state index is 12.3. The van der Waals surface area contributed by atoms with Gasteiger partial charge in [0.2, 0.25) is 18.6 Å². The van der Waals surface area contributed by atoms with Crippen LogP contribution in [0.5, 0.6) is 11.5 Å². The van der Waals surface area contributed by atoms with Gasteiger partial charge in [-0.1, -0.05) is 11.8 Å². The number of benzene rings is 1. The van der Waals surface area contributed by atoms with Crippen LogP contribution < -0.4 is 19.7 Å².